The Balaban J connectivity index is 2.05. The highest BCUT2D eigenvalue weighted by atomic mass is 32.1. The predicted octanol–water partition coefficient (Wildman–Crippen LogP) is 2.30. The van der Waals surface area contributed by atoms with Gasteiger partial charge in [-0.05, 0) is 55.9 Å². The smallest absolute Gasteiger partial charge is 0.241 e. The maximum atomic E-state index is 12.5. The number of amides is 1. The van der Waals surface area contributed by atoms with Gasteiger partial charge in [0.15, 0.2) is 0 Å². The number of rotatable bonds is 7. The molecule has 1 saturated heterocycles. The molecule has 0 radical (unpaired) electrons. The van der Waals surface area contributed by atoms with Crippen molar-refractivity contribution in [3.05, 3.63) is 22.4 Å². The Morgan fingerprint density at radius 2 is 2.25 bits per heavy atom. The van der Waals surface area contributed by atoms with Crippen LogP contribution in [0.5, 0.6) is 0 Å². The van der Waals surface area contributed by atoms with Gasteiger partial charge >= 0.3 is 0 Å². The van der Waals surface area contributed by atoms with E-state index in [0.717, 1.165) is 32.4 Å². The molecular weight excluding hydrogens is 270 g/mol. The lowest BCUT2D eigenvalue weighted by Crippen LogP contribution is -2.33. The second-order valence-electron chi connectivity index (χ2n) is 5.66. The molecular formula is C15H25N3OS. The maximum absolute atomic E-state index is 12.5. The summed E-state index contributed by atoms with van der Waals surface area (Å²) in [5.74, 6) is 0.266. The monoisotopic (exact) mass is 295 g/mol. The van der Waals surface area contributed by atoms with Gasteiger partial charge in [-0.25, -0.2) is 0 Å². The lowest BCUT2D eigenvalue weighted by atomic mass is 10.1. The molecule has 1 aliphatic heterocycles. The van der Waals surface area contributed by atoms with E-state index in [2.05, 4.69) is 48.1 Å². The van der Waals surface area contributed by atoms with Crippen LogP contribution in [0.2, 0.25) is 0 Å². The number of hydrogen-bond donors (Lipinski definition) is 1. The second kappa shape index (κ2) is 7.20. The van der Waals surface area contributed by atoms with E-state index in [1.165, 1.54) is 5.56 Å². The van der Waals surface area contributed by atoms with E-state index in [1.54, 1.807) is 11.3 Å². The summed E-state index contributed by atoms with van der Waals surface area (Å²) in [5.41, 5.74) is 1.21. The van der Waals surface area contributed by atoms with E-state index in [9.17, 15) is 4.79 Å². The number of hydrogen-bond acceptors (Lipinski definition) is 4. The molecule has 1 amide bonds. The normalized spacial score (nSPS) is 23.0. The van der Waals surface area contributed by atoms with E-state index in [4.69, 9.17) is 0 Å². The van der Waals surface area contributed by atoms with Crippen LogP contribution in [0.25, 0.3) is 0 Å². The van der Waals surface area contributed by atoms with Crippen molar-refractivity contribution in [1.82, 2.24) is 15.1 Å². The van der Waals surface area contributed by atoms with Gasteiger partial charge in [0.25, 0.3) is 0 Å². The number of nitrogens with zero attached hydrogens (tertiary/aromatic N) is 2. The molecule has 0 saturated carbocycles. The Hall–Kier alpha value is -0.910. The van der Waals surface area contributed by atoms with Gasteiger partial charge in [0.05, 0.1) is 6.04 Å². The van der Waals surface area contributed by atoms with E-state index >= 15 is 0 Å². The van der Waals surface area contributed by atoms with E-state index in [1.807, 2.05) is 4.90 Å². The Morgan fingerprint density at radius 3 is 2.85 bits per heavy atom. The lowest BCUT2D eigenvalue weighted by molar-refractivity contribution is -0.130. The molecule has 4 nitrogen and oxygen atoms in total. The topological polar surface area (TPSA) is 35.6 Å². The fourth-order valence-corrected chi connectivity index (χ4v) is 3.36. The van der Waals surface area contributed by atoms with Gasteiger partial charge in [0.2, 0.25) is 5.91 Å². The molecule has 2 rings (SSSR count). The van der Waals surface area contributed by atoms with Crippen LogP contribution in [-0.2, 0) is 4.79 Å². The first kappa shape index (κ1) is 15.5. The van der Waals surface area contributed by atoms with Crippen LogP contribution in [0.15, 0.2) is 16.8 Å². The molecule has 1 aromatic heterocycles. The summed E-state index contributed by atoms with van der Waals surface area (Å²) in [6.07, 6.45) is 3.03. The van der Waals surface area contributed by atoms with Gasteiger partial charge in [0.1, 0.15) is 6.17 Å². The maximum Gasteiger partial charge on any atom is 0.241 e. The van der Waals surface area contributed by atoms with Crippen molar-refractivity contribution >= 4 is 17.2 Å². The van der Waals surface area contributed by atoms with Crippen molar-refractivity contribution in [2.24, 2.45) is 0 Å². The van der Waals surface area contributed by atoms with Crippen molar-refractivity contribution in [3.8, 4) is 0 Å². The van der Waals surface area contributed by atoms with Crippen LogP contribution in [0.1, 0.15) is 37.9 Å². The molecule has 2 unspecified atom stereocenters. The second-order valence-corrected chi connectivity index (χ2v) is 6.44. The molecule has 0 aliphatic carbocycles. The average molecular weight is 295 g/mol. The first-order valence-electron chi connectivity index (χ1n) is 7.36. The minimum absolute atomic E-state index is 0.00995. The Bertz CT molecular complexity index is 419. The van der Waals surface area contributed by atoms with Crippen molar-refractivity contribution in [1.29, 1.82) is 0 Å². The molecule has 0 bridgehead atoms. The highest BCUT2D eigenvalue weighted by molar-refractivity contribution is 7.07. The zero-order chi connectivity index (χ0) is 14.5. The quantitative estimate of drug-likeness (QED) is 0.838. The van der Waals surface area contributed by atoms with Gasteiger partial charge in [-0.1, -0.05) is 13.3 Å². The SMILES string of the molecule is CCCC1NC(c2ccsc2)N(CCCN(C)C)C1=O. The highest BCUT2D eigenvalue weighted by Gasteiger charge is 2.38. The van der Waals surface area contributed by atoms with Crippen LogP contribution in [0, 0.1) is 0 Å². The average Bonchev–Trinajstić information content (AvgIpc) is 3.01. The minimum Gasteiger partial charge on any atom is -0.321 e. The fourth-order valence-electron chi connectivity index (χ4n) is 2.68. The van der Waals surface area contributed by atoms with Crippen molar-refractivity contribution in [3.63, 3.8) is 0 Å². The standard InChI is InChI=1S/C15H25N3OS/c1-4-6-13-15(19)18(9-5-8-17(2)3)14(16-13)12-7-10-20-11-12/h7,10-11,13-14,16H,4-6,8-9H2,1-3H3. The molecule has 1 fully saturated rings. The van der Waals surface area contributed by atoms with Gasteiger partial charge < -0.3 is 9.80 Å². The van der Waals surface area contributed by atoms with Crippen LogP contribution >= 0.6 is 11.3 Å². The Morgan fingerprint density at radius 1 is 1.45 bits per heavy atom. The summed E-state index contributed by atoms with van der Waals surface area (Å²) in [6, 6.07) is 2.10. The molecule has 1 aromatic rings. The van der Waals surface area contributed by atoms with Gasteiger partial charge in [0, 0.05) is 6.54 Å². The molecule has 1 N–H and O–H groups in total. The largest absolute Gasteiger partial charge is 0.321 e. The molecule has 112 valence electrons. The van der Waals surface area contributed by atoms with E-state index in [0.29, 0.717) is 0 Å². The Kier molecular flexibility index (Phi) is 5.57. The summed E-state index contributed by atoms with van der Waals surface area (Å²) in [6.45, 7) is 3.96. The van der Waals surface area contributed by atoms with Crippen LogP contribution in [0.4, 0.5) is 0 Å². The number of carbonyl (C=O) groups is 1. The first-order chi connectivity index (χ1) is 9.63. The highest BCUT2D eigenvalue weighted by Crippen LogP contribution is 2.28. The summed E-state index contributed by atoms with van der Waals surface area (Å²) >= 11 is 1.69. The minimum atomic E-state index is -0.00995. The first-order valence-corrected chi connectivity index (χ1v) is 8.31. The third-order valence-electron chi connectivity index (χ3n) is 3.69. The van der Waals surface area contributed by atoms with Crippen LogP contribution in [-0.4, -0.2) is 48.9 Å². The molecule has 2 atom stereocenters. The summed E-state index contributed by atoms with van der Waals surface area (Å²) in [5, 5.41) is 7.71. The zero-order valence-electron chi connectivity index (χ0n) is 12.6. The summed E-state index contributed by atoms with van der Waals surface area (Å²) < 4.78 is 0. The molecule has 0 spiro atoms. The summed E-state index contributed by atoms with van der Waals surface area (Å²) in [7, 11) is 4.14. The third-order valence-corrected chi connectivity index (χ3v) is 4.39. The van der Waals surface area contributed by atoms with Gasteiger partial charge in [-0.2, -0.15) is 11.3 Å². The lowest BCUT2D eigenvalue weighted by Gasteiger charge is -2.24. The molecule has 5 heteroatoms. The third kappa shape index (κ3) is 3.59. The molecule has 2 heterocycles. The van der Waals surface area contributed by atoms with Gasteiger partial charge in [-0.15, -0.1) is 0 Å². The summed E-state index contributed by atoms with van der Waals surface area (Å²) in [4.78, 5) is 16.7. The van der Waals surface area contributed by atoms with Crippen LogP contribution in [0.3, 0.4) is 0 Å². The van der Waals surface area contributed by atoms with E-state index in [-0.39, 0.29) is 18.1 Å². The molecule has 0 aromatic carbocycles. The predicted molar refractivity (Wildman–Crippen MR) is 83.8 cm³/mol. The fraction of sp³-hybridized carbons (Fsp3) is 0.667. The van der Waals surface area contributed by atoms with E-state index < -0.39 is 0 Å². The Labute approximate surface area is 125 Å². The number of carbonyl (C=O) groups excluding carboxylic acids is 1. The van der Waals surface area contributed by atoms with Crippen LogP contribution < -0.4 is 5.32 Å². The number of thiophene rings is 1. The van der Waals surface area contributed by atoms with Crippen molar-refractivity contribution in [2.75, 3.05) is 27.2 Å². The van der Waals surface area contributed by atoms with Crippen molar-refractivity contribution < 1.29 is 4.79 Å². The molecule has 20 heavy (non-hydrogen) atoms. The molecule has 1 aliphatic rings. The number of nitrogens with one attached hydrogen (secondary N) is 1. The van der Waals surface area contributed by atoms with Crippen molar-refractivity contribution in [2.45, 2.75) is 38.4 Å². The zero-order valence-corrected chi connectivity index (χ0v) is 13.4. The van der Waals surface area contributed by atoms with Gasteiger partial charge in [-0.3, -0.25) is 10.1 Å².